The molecule has 0 bridgehead atoms. The minimum Gasteiger partial charge on any atom is -0.382 e. The van der Waals surface area contributed by atoms with E-state index in [0.29, 0.717) is 31.2 Å². The van der Waals surface area contributed by atoms with E-state index < -0.39 is 0 Å². The van der Waals surface area contributed by atoms with Crippen molar-refractivity contribution in [3.8, 4) is 0 Å². The SMILES string of the molecule is Nc1ncnc2c1ncn2CC[C@@H](CCOCc1ccccc1)OCc1ccccc1. The number of ether oxygens (including phenoxy) is 2. The van der Waals surface area contributed by atoms with Crippen LogP contribution in [0, 0.1) is 0 Å². The third-order valence-electron chi connectivity index (χ3n) is 5.15. The Morgan fingerprint density at radius 1 is 0.839 bits per heavy atom. The maximum absolute atomic E-state index is 6.24. The molecule has 2 N–H and O–H groups in total. The molecule has 1 atom stereocenters. The van der Waals surface area contributed by atoms with Gasteiger partial charge in [0.2, 0.25) is 0 Å². The van der Waals surface area contributed by atoms with Crippen molar-refractivity contribution in [3.63, 3.8) is 0 Å². The number of nitrogen functional groups attached to an aromatic ring is 1. The van der Waals surface area contributed by atoms with Crippen LogP contribution in [0.5, 0.6) is 0 Å². The van der Waals surface area contributed by atoms with Gasteiger partial charge in [0.05, 0.1) is 25.6 Å². The van der Waals surface area contributed by atoms with Crippen molar-refractivity contribution in [2.45, 2.75) is 38.7 Å². The van der Waals surface area contributed by atoms with E-state index in [4.69, 9.17) is 15.2 Å². The first-order valence-electron chi connectivity index (χ1n) is 10.5. The summed E-state index contributed by atoms with van der Waals surface area (Å²) in [6.45, 7) is 2.54. The van der Waals surface area contributed by atoms with E-state index in [2.05, 4.69) is 39.2 Å². The van der Waals surface area contributed by atoms with Crippen LogP contribution in [0.25, 0.3) is 11.2 Å². The standard InChI is InChI=1S/C24H27N5O2/c25-23-22-24(27-17-26-23)29(18-28-22)13-11-21(31-16-20-9-5-2-6-10-20)12-14-30-15-19-7-3-1-4-8-19/h1-10,17-18,21H,11-16H2,(H2,25,26,27)/t21-/m0/s1. The molecule has 0 aliphatic heterocycles. The fraction of sp³-hybridized carbons (Fsp3) is 0.292. The average molecular weight is 418 g/mol. The van der Waals surface area contributed by atoms with Gasteiger partial charge >= 0.3 is 0 Å². The topological polar surface area (TPSA) is 88.1 Å². The van der Waals surface area contributed by atoms with Gasteiger partial charge in [0, 0.05) is 13.2 Å². The van der Waals surface area contributed by atoms with E-state index in [-0.39, 0.29) is 6.10 Å². The van der Waals surface area contributed by atoms with Crippen molar-refractivity contribution >= 4 is 17.0 Å². The Labute approximate surface area is 181 Å². The number of hydrogen-bond donors (Lipinski definition) is 1. The van der Waals surface area contributed by atoms with E-state index in [9.17, 15) is 0 Å². The Morgan fingerprint density at radius 3 is 2.29 bits per heavy atom. The molecule has 0 saturated carbocycles. The summed E-state index contributed by atoms with van der Waals surface area (Å²) in [5, 5.41) is 0. The molecule has 0 aliphatic carbocycles. The highest BCUT2D eigenvalue weighted by atomic mass is 16.5. The average Bonchev–Trinajstić information content (AvgIpc) is 3.24. The minimum absolute atomic E-state index is 0.0487. The zero-order valence-corrected chi connectivity index (χ0v) is 17.4. The second kappa shape index (κ2) is 10.7. The maximum Gasteiger partial charge on any atom is 0.165 e. The number of anilines is 1. The third-order valence-corrected chi connectivity index (χ3v) is 5.15. The zero-order valence-electron chi connectivity index (χ0n) is 17.4. The number of imidazole rings is 1. The van der Waals surface area contributed by atoms with E-state index in [1.165, 1.54) is 11.9 Å². The van der Waals surface area contributed by atoms with Gasteiger partial charge in [0.1, 0.15) is 11.8 Å². The first kappa shape index (κ1) is 21.0. The molecule has 7 heteroatoms. The van der Waals surface area contributed by atoms with E-state index in [1.807, 2.05) is 41.0 Å². The van der Waals surface area contributed by atoms with Crippen LogP contribution < -0.4 is 5.73 Å². The highest BCUT2D eigenvalue weighted by Gasteiger charge is 2.13. The highest BCUT2D eigenvalue weighted by Crippen LogP contribution is 2.17. The van der Waals surface area contributed by atoms with Crippen LogP contribution in [0.1, 0.15) is 24.0 Å². The van der Waals surface area contributed by atoms with Gasteiger partial charge in [-0.3, -0.25) is 0 Å². The van der Waals surface area contributed by atoms with Gasteiger partial charge < -0.3 is 19.8 Å². The first-order chi connectivity index (χ1) is 15.3. The summed E-state index contributed by atoms with van der Waals surface area (Å²) >= 11 is 0. The maximum atomic E-state index is 6.24. The van der Waals surface area contributed by atoms with Crippen molar-refractivity contribution in [2.24, 2.45) is 0 Å². The second-order valence-corrected chi connectivity index (χ2v) is 7.40. The normalized spacial score (nSPS) is 12.3. The van der Waals surface area contributed by atoms with E-state index in [0.717, 1.165) is 30.6 Å². The van der Waals surface area contributed by atoms with E-state index in [1.54, 1.807) is 6.33 Å². The molecule has 2 heterocycles. The summed E-state index contributed by atoms with van der Waals surface area (Å²) in [4.78, 5) is 12.7. The number of hydrogen-bond acceptors (Lipinski definition) is 6. The number of aryl methyl sites for hydroxylation is 1. The molecule has 0 amide bonds. The molecule has 0 unspecified atom stereocenters. The van der Waals surface area contributed by atoms with Crippen LogP contribution in [-0.4, -0.2) is 32.2 Å². The molecule has 7 nitrogen and oxygen atoms in total. The van der Waals surface area contributed by atoms with Crippen LogP contribution in [-0.2, 0) is 29.2 Å². The van der Waals surface area contributed by atoms with E-state index >= 15 is 0 Å². The molecular formula is C24H27N5O2. The lowest BCUT2D eigenvalue weighted by molar-refractivity contribution is 0.00242. The molecule has 0 fully saturated rings. The molecule has 4 aromatic rings. The van der Waals surface area contributed by atoms with Crippen LogP contribution in [0.4, 0.5) is 5.82 Å². The quantitative estimate of drug-likeness (QED) is 0.371. The minimum atomic E-state index is 0.0487. The summed E-state index contributed by atoms with van der Waals surface area (Å²) in [5.41, 5.74) is 9.61. The molecule has 2 aromatic heterocycles. The summed E-state index contributed by atoms with van der Waals surface area (Å²) in [5.74, 6) is 0.398. The lowest BCUT2D eigenvalue weighted by atomic mass is 10.1. The fourth-order valence-electron chi connectivity index (χ4n) is 3.42. The van der Waals surface area contributed by atoms with Gasteiger partial charge in [-0.05, 0) is 24.0 Å². The summed E-state index contributed by atoms with van der Waals surface area (Å²) in [7, 11) is 0. The largest absolute Gasteiger partial charge is 0.382 e. The van der Waals surface area contributed by atoms with Gasteiger partial charge in [-0.2, -0.15) is 0 Å². The van der Waals surface area contributed by atoms with Gasteiger partial charge in [-0.15, -0.1) is 0 Å². The van der Waals surface area contributed by atoms with Crippen LogP contribution in [0.15, 0.2) is 73.3 Å². The summed E-state index contributed by atoms with van der Waals surface area (Å²) < 4.78 is 14.1. The molecule has 0 radical (unpaired) electrons. The molecule has 0 spiro atoms. The highest BCUT2D eigenvalue weighted by molar-refractivity contribution is 5.81. The summed E-state index contributed by atoms with van der Waals surface area (Å²) in [6, 6.07) is 20.4. The number of aromatic nitrogens is 4. The predicted octanol–water partition coefficient (Wildman–Crippen LogP) is 3.99. The van der Waals surface area contributed by atoms with Crippen LogP contribution in [0.3, 0.4) is 0 Å². The van der Waals surface area contributed by atoms with Gasteiger partial charge in [0.25, 0.3) is 0 Å². The third kappa shape index (κ3) is 5.87. The zero-order chi connectivity index (χ0) is 21.3. The lowest BCUT2D eigenvalue weighted by Gasteiger charge is -2.19. The Bertz CT molecular complexity index is 1070. The monoisotopic (exact) mass is 417 g/mol. The number of fused-ring (bicyclic) bond motifs is 1. The van der Waals surface area contributed by atoms with Crippen LogP contribution >= 0.6 is 0 Å². The number of nitrogens with zero attached hydrogens (tertiary/aromatic N) is 4. The molecule has 2 aromatic carbocycles. The van der Waals surface area contributed by atoms with Gasteiger partial charge in [0.15, 0.2) is 11.5 Å². The second-order valence-electron chi connectivity index (χ2n) is 7.40. The Hall–Kier alpha value is -3.29. The van der Waals surface area contributed by atoms with Crippen molar-refractivity contribution < 1.29 is 9.47 Å². The number of rotatable bonds is 11. The molecule has 0 saturated heterocycles. The Kier molecular flexibility index (Phi) is 7.20. The lowest BCUT2D eigenvalue weighted by Crippen LogP contribution is -2.18. The Balaban J connectivity index is 1.34. The van der Waals surface area contributed by atoms with Gasteiger partial charge in [-0.1, -0.05) is 60.7 Å². The van der Waals surface area contributed by atoms with Crippen molar-refractivity contribution in [1.29, 1.82) is 0 Å². The molecular weight excluding hydrogens is 390 g/mol. The fourth-order valence-corrected chi connectivity index (χ4v) is 3.42. The Morgan fingerprint density at radius 2 is 1.55 bits per heavy atom. The van der Waals surface area contributed by atoms with Crippen molar-refractivity contribution in [1.82, 2.24) is 19.5 Å². The smallest absolute Gasteiger partial charge is 0.165 e. The van der Waals surface area contributed by atoms with Crippen molar-refractivity contribution in [3.05, 3.63) is 84.4 Å². The molecule has 31 heavy (non-hydrogen) atoms. The van der Waals surface area contributed by atoms with Crippen LogP contribution in [0.2, 0.25) is 0 Å². The predicted molar refractivity (Wildman–Crippen MR) is 120 cm³/mol. The molecule has 4 rings (SSSR count). The first-order valence-corrected chi connectivity index (χ1v) is 10.5. The molecule has 160 valence electrons. The van der Waals surface area contributed by atoms with Gasteiger partial charge in [-0.25, -0.2) is 15.0 Å². The number of nitrogens with two attached hydrogens (primary N) is 1. The number of benzene rings is 2. The summed E-state index contributed by atoms with van der Waals surface area (Å²) in [6.07, 6.45) is 4.90. The molecule has 0 aliphatic rings. The van der Waals surface area contributed by atoms with Crippen molar-refractivity contribution in [2.75, 3.05) is 12.3 Å².